The Balaban J connectivity index is 2.21. The molecular formula is C24H29NO4S. The second-order valence-corrected chi connectivity index (χ2v) is 8.90. The van der Waals surface area contributed by atoms with Crippen molar-refractivity contribution in [2.24, 2.45) is 0 Å². The van der Waals surface area contributed by atoms with Crippen LogP contribution < -0.4 is 4.74 Å². The molecule has 1 amide bonds. The fraction of sp³-hybridized carbons (Fsp3) is 0.417. The number of unbranched alkanes of at least 4 members (excludes halogenated alkanes) is 1. The Kier molecular flexibility index (Phi) is 6.66. The van der Waals surface area contributed by atoms with Gasteiger partial charge in [-0.1, -0.05) is 33.3 Å². The molecule has 5 nitrogen and oxygen atoms in total. The number of ketones is 1. The van der Waals surface area contributed by atoms with Gasteiger partial charge in [-0.2, -0.15) is 0 Å². The lowest BCUT2D eigenvalue weighted by Gasteiger charge is -2.24. The van der Waals surface area contributed by atoms with E-state index in [1.165, 1.54) is 11.3 Å². The number of methoxy groups -OCH3 is 1. The number of likely N-dealkylation sites (tertiary alicyclic amines) is 1. The molecular weight excluding hydrogens is 398 g/mol. The summed E-state index contributed by atoms with van der Waals surface area (Å²) in [5.74, 6) is -0.362. The van der Waals surface area contributed by atoms with Gasteiger partial charge in [0.15, 0.2) is 0 Å². The maximum Gasteiger partial charge on any atom is 0.295 e. The zero-order chi connectivity index (χ0) is 22.0. The lowest BCUT2D eigenvalue weighted by atomic mass is 9.92. The first-order valence-corrected chi connectivity index (χ1v) is 11.2. The molecule has 0 aliphatic carbocycles. The Morgan fingerprint density at radius 1 is 1.30 bits per heavy atom. The fourth-order valence-corrected chi connectivity index (χ4v) is 4.75. The van der Waals surface area contributed by atoms with Crippen LogP contribution in [0.2, 0.25) is 0 Å². The number of aliphatic hydroxyl groups is 1. The number of rotatable bonds is 7. The molecule has 6 heteroatoms. The minimum Gasteiger partial charge on any atom is -0.507 e. The van der Waals surface area contributed by atoms with E-state index in [0.29, 0.717) is 12.1 Å². The van der Waals surface area contributed by atoms with Crippen LogP contribution in [0.1, 0.15) is 67.1 Å². The molecule has 0 saturated carbocycles. The molecule has 1 atom stereocenters. The summed E-state index contributed by atoms with van der Waals surface area (Å²) in [6.07, 6.45) is 1.71. The summed E-state index contributed by atoms with van der Waals surface area (Å²) in [5.41, 5.74) is 2.46. The molecule has 1 N–H and O–H groups in total. The highest BCUT2D eigenvalue weighted by Crippen LogP contribution is 2.42. The van der Waals surface area contributed by atoms with E-state index in [-0.39, 0.29) is 17.3 Å². The zero-order valence-electron chi connectivity index (χ0n) is 18.2. The molecule has 30 heavy (non-hydrogen) atoms. The van der Waals surface area contributed by atoms with E-state index in [4.69, 9.17) is 4.74 Å². The number of thiophene rings is 1. The van der Waals surface area contributed by atoms with Crippen LogP contribution in [0.4, 0.5) is 0 Å². The Labute approximate surface area is 182 Å². The number of hydrogen-bond acceptors (Lipinski definition) is 5. The number of Topliss-reactive ketones (excluding diaryl/α,β-unsaturated/α-hetero) is 1. The van der Waals surface area contributed by atoms with Crippen LogP contribution in [-0.4, -0.2) is 35.4 Å². The molecule has 0 radical (unpaired) electrons. The minimum absolute atomic E-state index is 0.118. The number of amides is 1. The van der Waals surface area contributed by atoms with Crippen molar-refractivity contribution in [3.63, 3.8) is 0 Å². The average Bonchev–Trinajstić information content (AvgIpc) is 3.33. The van der Waals surface area contributed by atoms with Gasteiger partial charge in [0.2, 0.25) is 0 Å². The Morgan fingerprint density at radius 2 is 2.03 bits per heavy atom. The third-order valence-electron chi connectivity index (χ3n) is 5.56. The summed E-state index contributed by atoms with van der Waals surface area (Å²) in [6, 6.07) is 7.00. The largest absolute Gasteiger partial charge is 0.507 e. The van der Waals surface area contributed by atoms with E-state index in [2.05, 4.69) is 0 Å². The van der Waals surface area contributed by atoms with Gasteiger partial charge in [0.1, 0.15) is 11.5 Å². The van der Waals surface area contributed by atoms with E-state index in [9.17, 15) is 14.7 Å². The molecule has 1 unspecified atom stereocenters. The predicted octanol–water partition coefficient (Wildman–Crippen LogP) is 5.41. The highest BCUT2D eigenvalue weighted by atomic mass is 32.1. The summed E-state index contributed by atoms with van der Waals surface area (Å²) in [7, 11) is 1.62. The number of carbonyl (C=O) groups is 2. The van der Waals surface area contributed by atoms with E-state index in [1.807, 2.05) is 57.3 Å². The molecule has 1 aromatic carbocycles. The number of hydrogen-bond donors (Lipinski definition) is 1. The molecule has 0 bridgehead atoms. The summed E-state index contributed by atoms with van der Waals surface area (Å²) < 4.78 is 5.50. The fourth-order valence-electron chi connectivity index (χ4n) is 3.91. The van der Waals surface area contributed by atoms with Crippen LogP contribution in [0.5, 0.6) is 5.75 Å². The van der Waals surface area contributed by atoms with Crippen LogP contribution in [0.25, 0.3) is 5.76 Å². The first-order chi connectivity index (χ1) is 14.3. The lowest BCUT2D eigenvalue weighted by Crippen LogP contribution is -2.30. The normalized spacial score (nSPS) is 18.5. The molecule has 3 rings (SSSR count). The van der Waals surface area contributed by atoms with Crippen molar-refractivity contribution in [3.05, 3.63) is 56.8 Å². The molecule has 0 spiro atoms. The van der Waals surface area contributed by atoms with Gasteiger partial charge in [-0.05, 0) is 54.0 Å². The maximum atomic E-state index is 13.0. The molecule has 1 aromatic heterocycles. The number of aliphatic hydroxyl groups excluding tert-OH is 1. The summed E-state index contributed by atoms with van der Waals surface area (Å²) in [4.78, 5) is 28.3. The molecule has 160 valence electrons. The predicted molar refractivity (Wildman–Crippen MR) is 120 cm³/mol. The topological polar surface area (TPSA) is 66.8 Å². The van der Waals surface area contributed by atoms with Gasteiger partial charge in [0, 0.05) is 17.0 Å². The summed E-state index contributed by atoms with van der Waals surface area (Å²) >= 11 is 1.48. The Hall–Kier alpha value is -2.60. The summed E-state index contributed by atoms with van der Waals surface area (Å²) in [5, 5.41) is 13.2. The quantitative estimate of drug-likeness (QED) is 0.364. The van der Waals surface area contributed by atoms with E-state index in [1.54, 1.807) is 12.0 Å². The number of carbonyl (C=O) groups excluding carboxylic acids is 2. The van der Waals surface area contributed by atoms with Crippen molar-refractivity contribution < 1.29 is 19.4 Å². The monoisotopic (exact) mass is 427 g/mol. The third kappa shape index (κ3) is 3.88. The van der Waals surface area contributed by atoms with Gasteiger partial charge in [-0.15, -0.1) is 11.3 Å². The van der Waals surface area contributed by atoms with Gasteiger partial charge in [0.05, 0.1) is 18.7 Å². The van der Waals surface area contributed by atoms with Crippen molar-refractivity contribution in [3.8, 4) is 5.75 Å². The van der Waals surface area contributed by atoms with Gasteiger partial charge in [0.25, 0.3) is 11.7 Å². The smallest absolute Gasteiger partial charge is 0.295 e. The van der Waals surface area contributed by atoms with Crippen LogP contribution >= 0.6 is 11.3 Å². The molecule has 2 heterocycles. The Bertz CT molecular complexity index is 975. The molecule has 1 fully saturated rings. The number of ether oxygens (including phenoxy) is 1. The van der Waals surface area contributed by atoms with Gasteiger partial charge in [-0.3, -0.25) is 9.59 Å². The van der Waals surface area contributed by atoms with Gasteiger partial charge >= 0.3 is 0 Å². The highest BCUT2D eigenvalue weighted by molar-refractivity contribution is 7.10. The van der Waals surface area contributed by atoms with Crippen LogP contribution in [0, 0.1) is 6.92 Å². The van der Waals surface area contributed by atoms with E-state index < -0.39 is 17.7 Å². The lowest BCUT2D eigenvalue weighted by molar-refractivity contribution is -0.139. The average molecular weight is 428 g/mol. The first kappa shape index (κ1) is 22.1. The van der Waals surface area contributed by atoms with Crippen molar-refractivity contribution in [1.82, 2.24) is 4.90 Å². The molecule has 2 aromatic rings. The number of nitrogens with zero attached hydrogens (tertiary/aromatic N) is 1. The number of benzene rings is 1. The second kappa shape index (κ2) is 9.04. The highest BCUT2D eigenvalue weighted by Gasteiger charge is 2.46. The second-order valence-electron chi connectivity index (χ2n) is 7.93. The van der Waals surface area contributed by atoms with Crippen LogP contribution in [0.3, 0.4) is 0 Å². The number of aryl methyl sites for hydroxylation is 1. The van der Waals surface area contributed by atoms with Crippen molar-refractivity contribution in [1.29, 1.82) is 0 Å². The SMILES string of the molecule is CCCCN1C(=O)C(=O)/C(=C(/O)c2cc(C(C)C)c(OC)cc2C)C1c1cccs1. The van der Waals surface area contributed by atoms with Gasteiger partial charge in [-0.25, -0.2) is 0 Å². The minimum atomic E-state index is -0.622. The van der Waals surface area contributed by atoms with Gasteiger partial charge < -0.3 is 14.7 Å². The molecule has 1 aliphatic rings. The maximum absolute atomic E-state index is 13.0. The third-order valence-corrected chi connectivity index (χ3v) is 6.48. The molecule has 1 saturated heterocycles. The zero-order valence-corrected chi connectivity index (χ0v) is 19.0. The van der Waals surface area contributed by atoms with Crippen LogP contribution in [0.15, 0.2) is 35.2 Å². The van der Waals surface area contributed by atoms with E-state index >= 15 is 0 Å². The van der Waals surface area contributed by atoms with Crippen LogP contribution in [-0.2, 0) is 9.59 Å². The molecule has 1 aliphatic heterocycles. The van der Waals surface area contributed by atoms with Crippen molar-refractivity contribution in [2.75, 3.05) is 13.7 Å². The van der Waals surface area contributed by atoms with Crippen molar-refractivity contribution >= 4 is 28.8 Å². The summed E-state index contributed by atoms with van der Waals surface area (Å²) in [6.45, 7) is 8.50. The Morgan fingerprint density at radius 3 is 2.60 bits per heavy atom. The first-order valence-electron chi connectivity index (χ1n) is 10.3. The standard InChI is InChI=1S/C24H29NO4S/c1-6-7-10-25-21(19-9-8-11-30-19)20(23(27)24(25)28)22(26)17-13-16(14(2)3)18(29-5)12-15(17)4/h8-9,11-14,21,26H,6-7,10H2,1-5H3/b22-20+. The van der Waals surface area contributed by atoms with Crippen molar-refractivity contribution in [2.45, 2.75) is 52.5 Å². The van der Waals surface area contributed by atoms with E-state index in [0.717, 1.165) is 34.6 Å².